The molecule has 5 heteroatoms. The van der Waals surface area contributed by atoms with Crippen LogP contribution in [0.5, 0.6) is 0 Å². The van der Waals surface area contributed by atoms with Gasteiger partial charge in [0.2, 0.25) is 0 Å². The SMILES string of the molecule is N#Cc1cc(Cn2ccc3sccc3c2=O)ccn1. The molecule has 3 aromatic heterocycles. The highest BCUT2D eigenvalue weighted by molar-refractivity contribution is 7.17. The Balaban J connectivity index is 2.03. The van der Waals surface area contributed by atoms with E-state index < -0.39 is 0 Å². The second-order valence-corrected chi connectivity index (χ2v) is 5.06. The first-order valence-corrected chi connectivity index (χ1v) is 6.57. The number of hydrogen-bond donors (Lipinski definition) is 0. The van der Waals surface area contributed by atoms with Gasteiger partial charge in [0, 0.05) is 17.1 Å². The van der Waals surface area contributed by atoms with Crippen LogP contribution >= 0.6 is 11.3 Å². The Morgan fingerprint density at radius 3 is 3.11 bits per heavy atom. The minimum Gasteiger partial charge on any atom is -0.311 e. The molecule has 0 saturated heterocycles. The van der Waals surface area contributed by atoms with Crippen molar-refractivity contribution in [3.8, 4) is 6.07 Å². The highest BCUT2D eigenvalue weighted by Gasteiger charge is 2.04. The van der Waals surface area contributed by atoms with Gasteiger partial charge in [0.1, 0.15) is 11.8 Å². The largest absolute Gasteiger partial charge is 0.311 e. The Kier molecular flexibility index (Phi) is 2.86. The Bertz CT molecular complexity index is 842. The van der Waals surface area contributed by atoms with Gasteiger partial charge in [0.05, 0.1) is 11.9 Å². The predicted octanol–water partition coefficient (Wildman–Crippen LogP) is 2.38. The topological polar surface area (TPSA) is 58.7 Å². The van der Waals surface area contributed by atoms with Gasteiger partial charge < -0.3 is 4.57 Å². The molecule has 0 saturated carbocycles. The summed E-state index contributed by atoms with van der Waals surface area (Å²) in [6.07, 6.45) is 3.37. The van der Waals surface area contributed by atoms with Crippen LogP contribution in [0.4, 0.5) is 0 Å². The number of nitrogens with zero attached hydrogens (tertiary/aromatic N) is 3. The molecule has 0 amide bonds. The Labute approximate surface area is 113 Å². The molecule has 4 nitrogen and oxygen atoms in total. The number of fused-ring (bicyclic) bond motifs is 1. The number of pyridine rings is 2. The molecule has 0 fully saturated rings. The van der Waals surface area contributed by atoms with Gasteiger partial charge in [-0.3, -0.25) is 4.79 Å². The quantitative estimate of drug-likeness (QED) is 0.716. The molecule has 0 radical (unpaired) electrons. The van der Waals surface area contributed by atoms with Crippen molar-refractivity contribution in [2.75, 3.05) is 0 Å². The van der Waals surface area contributed by atoms with Crippen molar-refractivity contribution in [2.45, 2.75) is 6.54 Å². The van der Waals surface area contributed by atoms with Crippen molar-refractivity contribution >= 4 is 21.4 Å². The summed E-state index contributed by atoms with van der Waals surface area (Å²) in [6, 6.07) is 9.28. The Morgan fingerprint density at radius 2 is 2.26 bits per heavy atom. The molecule has 3 rings (SSSR count). The first-order chi connectivity index (χ1) is 9.28. The van der Waals surface area contributed by atoms with Crippen LogP contribution in [0.2, 0.25) is 0 Å². The number of thiophene rings is 1. The molecule has 0 atom stereocenters. The maximum atomic E-state index is 12.2. The standard InChI is InChI=1S/C14H9N3OS/c15-8-11-7-10(1-4-16-11)9-17-5-2-13-12(14(17)18)3-6-19-13/h1-7H,9H2. The monoisotopic (exact) mass is 267 g/mol. The average molecular weight is 267 g/mol. The summed E-state index contributed by atoms with van der Waals surface area (Å²) in [4.78, 5) is 16.2. The summed E-state index contributed by atoms with van der Waals surface area (Å²) in [5, 5.41) is 11.5. The molecule has 0 bridgehead atoms. The predicted molar refractivity (Wildman–Crippen MR) is 74.1 cm³/mol. The first kappa shape index (κ1) is 11.6. The molecule has 19 heavy (non-hydrogen) atoms. The van der Waals surface area contributed by atoms with Crippen molar-refractivity contribution < 1.29 is 0 Å². The van der Waals surface area contributed by atoms with Crippen LogP contribution in [0, 0.1) is 11.3 Å². The molecule has 0 spiro atoms. The fourth-order valence-corrected chi connectivity index (χ4v) is 2.73. The van der Waals surface area contributed by atoms with E-state index in [0.29, 0.717) is 12.2 Å². The number of aromatic nitrogens is 2. The second kappa shape index (κ2) is 4.67. The van der Waals surface area contributed by atoms with Gasteiger partial charge in [-0.2, -0.15) is 5.26 Å². The maximum Gasteiger partial charge on any atom is 0.259 e. The third-order valence-electron chi connectivity index (χ3n) is 2.88. The fraction of sp³-hybridized carbons (Fsp3) is 0.0714. The molecule has 3 heterocycles. The van der Waals surface area contributed by atoms with E-state index in [1.807, 2.05) is 29.6 Å². The van der Waals surface area contributed by atoms with Crippen molar-refractivity contribution in [3.05, 3.63) is 63.7 Å². The molecule has 0 unspecified atom stereocenters. The van der Waals surface area contributed by atoms with Gasteiger partial charge in [0.15, 0.2) is 0 Å². The van der Waals surface area contributed by atoms with E-state index in [1.54, 1.807) is 34.4 Å². The Hall–Kier alpha value is -2.45. The van der Waals surface area contributed by atoms with Crippen LogP contribution in [0.25, 0.3) is 10.1 Å². The van der Waals surface area contributed by atoms with E-state index in [4.69, 9.17) is 5.26 Å². The summed E-state index contributed by atoms with van der Waals surface area (Å²) in [5.41, 5.74) is 1.25. The van der Waals surface area contributed by atoms with E-state index in [1.165, 1.54) is 0 Å². The normalized spacial score (nSPS) is 10.5. The molecule has 0 aliphatic carbocycles. The third-order valence-corrected chi connectivity index (χ3v) is 3.77. The van der Waals surface area contributed by atoms with E-state index in [0.717, 1.165) is 15.6 Å². The van der Waals surface area contributed by atoms with Crippen LogP contribution in [0.15, 0.2) is 46.8 Å². The van der Waals surface area contributed by atoms with Crippen molar-refractivity contribution in [1.82, 2.24) is 9.55 Å². The number of rotatable bonds is 2. The van der Waals surface area contributed by atoms with Gasteiger partial charge in [-0.25, -0.2) is 4.98 Å². The van der Waals surface area contributed by atoms with Gasteiger partial charge in [-0.05, 0) is 35.2 Å². The van der Waals surface area contributed by atoms with Crippen LogP contribution in [0.3, 0.4) is 0 Å². The molecular weight excluding hydrogens is 258 g/mol. The average Bonchev–Trinajstić information content (AvgIpc) is 2.91. The highest BCUT2D eigenvalue weighted by atomic mass is 32.1. The van der Waals surface area contributed by atoms with Crippen molar-refractivity contribution in [2.24, 2.45) is 0 Å². The maximum absolute atomic E-state index is 12.2. The number of nitriles is 1. The lowest BCUT2D eigenvalue weighted by atomic mass is 10.2. The molecular formula is C14H9N3OS. The number of hydrogen-bond acceptors (Lipinski definition) is 4. The lowest BCUT2D eigenvalue weighted by molar-refractivity contribution is 0.767. The summed E-state index contributed by atoms with van der Waals surface area (Å²) < 4.78 is 2.64. The van der Waals surface area contributed by atoms with Crippen molar-refractivity contribution in [1.29, 1.82) is 5.26 Å². The third kappa shape index (κ3) is 2.14. The van der Waals surface area contributed by atoms with Crippen LogP contribution in [-0.4, -0.2) is 9.55 Å². The lowest BCUT2D eigenvalue weighted by Crippen LogP contribution is -2.19. The second-order valence-electron chi connectivity index (χ2n) is 4.11. The van der Waals surface area contributed by atoms with Gasteiger partial charge >= 0.3 is 0 Å². The fourth-order valence-electron chi connectivity index (χ4n) is 1.96. The molecule has 0 N–H and O–H groups in total. The molecule has 0 aromatic carbocycles. The molecule has 3 aromatic rings. The van der Waals surface area contributed by atoms with Crippen LogP contribution < -0.4 is 5.56 Å². The summed E-state index contributed by atoms with van der Waals surface area (Å²) >= 11 is 1.56. The minimum absolute atomic E-state index is 0.00549. The smallest absolute Gasteiger partial charge is 0.259 e. The molecule has 0 aliphatic rings. The van der Waals surface area contributed by atoms with Gasteiger partial charge in [-0.1, -0.05) is 0 Å². The van der Waals surface area contributed by atoms with E-state index in [-0.39, 0.29) is 5.56 Å². The van der Waals surface area contributed by atoms with E-state index >= 15 is 0 Å². The Morgan fingerprint density at radius 1 is 1.37 bits per heavy atom. The zero-order chi connectivity index (χ0) is 13.2. The lowest BCUT2D eigenvalue weighted by Gasteiger charge is -2.05. The highest BCUT2D eigenvalue weighted by Crippen LogP contribution is 2.16. The summed E-state index contributed by atoms with van der Waals surface area (Å²) in [6.45, 7) is 0.446. The molecule has 92 valence electrons. The van der Waals surface area contributed by atoms with Crippen molar-refractivity contribution in [3.63, 3.8) is 0 Å². The van der Waals surface area contributed by atoms with E-state index in [9.17, 15) is 4.79 Å². The first-order valence-electron chi connectivity index (χ1n) is 5.69. The van der Waals surface area contributed by atoms with Gasteiger partial charge in [0.25, 0.3) is 5.56 Å². The van der Waals surface area contributed by atoms with Gasteiger partial charge in [-0.15, -0.1) is 11.3 Å². The van der Waals surface area contributed by atoms with E-state index in [2.05, 4.69) is 4.98 Å². The zero-order valence-electron chi connectivity index (χ0n) is 9.91. The summed E-state index contributed by atoms with van der Waals surface area (Å²) in [5.74, 6) is 0. The van der Waals surface area contributed by atoms with Crippen LogP contribution in [-0.2, 0) is 6.54 Å². The molecule has 0 aliphatic heterocycles. The summed E-state index contributed by atoms with van der Waals surface area (Å²) in [7, 11) is 0. The van der Waals surface area contributed by atoms with Crippen LogP contribution in [0.1, 0.15) is 11.3 Å². The minimum atomic E-state index is -0.00549. The zero-order valence-corrected chi connectivity index (χ0v) is 10.7.